The predicted molar refractivity (Wildman–Crippen MR) is 95.7 cm³/mol. The molecule has 0 saturated carbocycles. The number of fused-ring (bicyclic) bond motifs is 1. The highest BCUT2D eigenvalue weighted by molar-refractivity contribution is 5.99. The maximum atomic E-state index is 11.1. The first-order chi connectivity index (χ1) is 12.8. The Morgan fingerprint density at radius 3 is 2.41 bits per heavy atom. The SMILES string of the molecule is O=C(O)c1ccc2ccc(/C=C/c3cc(O)c(O)c([N+](=O)[O-])c3)nc2c1O. The molecule has 0 aliphatic carbocycles. The summed E-state index contributed by atoms with van der Waals surface area (Å²) >= 11 is 0. The van der Waals surface area contributed by atoms with E-state index in [1.165, 1.54) is 24.3 Å². The average molecular weight is 368 g/mol. The number of rotatable bonds is 4. The van der Waals surface area contributed by atoms with E-state index < -0.39 is 33.8 Å². The van der Waals surface area contributed by atoms with Gasteiger partial charge in [-0.15, -0.1) is 0 Å². The van der Waals surface area contributed by atoms with Crippen LogP contribution in [-0.4, -0.2) is 36.3 Å². The van der Waals surface area contributed by atoms with E-state index >= 15 is 0 Å². The minimum Gasteiger partial charge on any atom is -0.505 e. The zero-order valence-electron chi connectivity index (χ0n) is 13.5. The van der Waals surface area contributed by atoms with Crippen LogP contribution in [0.15, 0.2) is 36.4 Å². The average Bonchev–Trinajstić information content (AvgIpc) is 2.62. The van der Waals surface area contributed by atoms with Gasteiger partial charge in [0.25, 0.3) is 0 Å². The number of nitro benzene ring substituents is 1. The maximum Gasteiger partial charge on any atom is 0.339 e. The van der Waals surface area contributed by atoms with Crippen LogP contribution in [0, 0.1) is 10.1 Å². The van der Waals surface area contributed by atoms with Crippen molar-refractivity contribution in [2.45, 2.75) is 0 Å². The topological polar surface area (TPSA) is 154 Å². The van der Waals surface area contributed by atoms with Crippen LogP contribution >= 0.6 is 0 Å². The number of nitro groups is 1. The smallest absolute Gasteiger partial charge is 0.339 e. The Kier molecular flexibility index (Phi) is 4.34. The maximum absolute atomic E-state index is 11.1. The predicted octanol–water partition coefficient (Wildman–Crippen LogP) is 3.13. The van der Waals surface area contributed by atoms with Crippen molar-refractivity contribution in [3.8, 4) is 17.2 Å². The molecule has 136 valence electrons. The van der Waals surface area contributed by atoms with Crippen LogP contribution in [0.4, 0.5) is 5.69 Å². The van der Waals surface area contributed by atoms with Crippen LogP contribution in [0.3, 0.4) is 0 Å². The third kappa shape index (κ3) is 3.33. The summed E-state index contributed by atoms with van der Waals surface area (Å²) in [7, 11) is 0. The number of pyridine rings is 1. The first kappa shape index (κ1) is 17.7. The molecular formula is C18H12N2O7. The molecule has 0 amide bonds. The molecule has 0 saturated heterocycles. The van der Waals surface area contributed by atoms with Gasteiger partial charge in [-0.25, -0.2) is 9.78 Å². The number of carboxylic acids is 1. The van der Waals surface area contributed by atoms with Crippen LogP contribution in [0.2, 0.25) is 0 Å². The Labute approximate surface area is 151 Å². The number of benzene rings is 2. The van der Waals surface area contributed by atoms with E-state index in [2.05, 4.69) is 4.98 Å². The molecule has 4 N–H and O–H groups in total. The first-order valence-electron chi connectivity index (χ1n) is 7.52. The molecule has 0 spiro atoms. The van der Waals surface area contributed by atoms with Gasteiger partial charge in [0.15, 0.2) is 11.5 Å². The Hall–Kier alpha value is -4.14. The van der Waals surface area contributed by atoms with Crippen molar-refractivity contribution in [1.29, 1.82) is 0 Å². The normalized spacial score (nSPS) is 11.1. The number of aromatic nitrogens is 1. The second-order valence-corrected chi connectivity index (χ2v) is 5.57. The van der Waals surface area contributed by atoms with Gasteiger partial charge in [-0.3, -0.25) is 10.1 Å². The van der Waals surface area contributed by atoms with Crippen molar-refractivity contribution >= 4 is 34.7 Å². The lowest BCUT2D eigenvalue weighted by Crippen LogP contribution is -1.97. The molecular weight excluding hydrogens is 356 g/mol. The van der Waals surface area contributed by atoms with Crippen molar-refractivity contribution in [2.24, 2.45) is 0 Å². The number of aromatic carboxylic acids is 1. The molecule has 1 heterocycles. The van der Waals surface area contributed by atoms with Crippen LogP contribution in [0.25, 0.3) is 23.1 Å². The Balaban J connectivity index is 2.03. The van der Waals surface area contributed by atoms with Gasteiger partial charge in [0, 0.05) is 11.5 Å². The van der Waals surface area contributed by atoms with E-state index in [0.29, 0.717) is 11.1 Å². The standard InChI is InChI=1S/C18H12N2O7/c21-14-8-9(7-13(17(14)23)20(26)27)1-4-11-5-2-10-3-6-12(18(24)25)16(22)15(10)19-11/h1-8,21-23H,(H,24,25)/b4-1+. The van der Waals surface area contributed by atoms with E-state index in [0.717, 1.165) is 12.1 Å². The molecule has 0 radical (unpaired) electrons. The van der Waals surface area contributed by atoms with Crippen molar-refractivity contribution in [3.05, 3.63) is 63.3 Å². The summed E-state index contributed by atoms with van der Waals surface area (Å²) in [6.45, 7) is 0. The fourth-order valence-corrected chi connectivity index (χ4v) is 2.50. The van der Waals surface area contributed by atoms with Gasteiger partial charge >= 0.3 is 11.7 Å². The number of hydrogen-bond acceptors (Lipinski definition) is 7. The number of hydrogen-bond donors (Lipinski definition) is 4. The van der Waals surface area contributed by atoms with Gasteiger partial charge in [-0.05, 0) is 29.8 Å². The number of phenols is 3. The van der Waals surface area contributed by atoms with Gasteiger partial charge in [0.1, 0.15) is 11.1 Å². The summed E-state index contributed by atoms with van der Waals surface area (Å²) in [6.07, 6.45) is 2.88. The molecule has 0 atom stereocenters. The molecule has 3 aromatic rings. The lowest BCUT2D eigenvalue weighted by molar-refractivity contribution is -0.386. The van der Waals surface area contributed by atoms with Crippen LogP contribution in [0.5, 0.6) is 17.2 Å². The zero-order chi connectivity index (χ0) is 19.7. The van der Waals surface area contributed by atoms with Gasteiger partial charge in [0.05, 0.1) is 10.6 Å². The van der Waals surface area contributed by atoms with Gasteiger partial charge in [-0.1, -0.05) is 18.2 Å². The van der Waals surface area contributed by atoms with Crippen molar-refractivity contribution in [2.75, 3.05) is 0 Å². The summed E-state index contributed by atoms with van der Waals surface area (Å²) in [6, 6.07) is 8.24. The monoisotopic (exact) mass is 368 g/mol. The minimum atomic E-state index is -1.29. The third-order valence-corrected chi connectivity index (χ3v) is 3.82. The van der Waals surface area contributed by atoms with E-state index in [1.807, 2.05) is 0 Å². The number of aromatic hydroxyl groups is 3. The molecule has 0 aliphatic heterocycles. The first-order valence-corrected chi connectivity index (χ1v) is 7.52. The van der Waals surface area contributed by atoms with Gasteiger partial charge in [-0.2, -0.15) is 0 Å². The molecule has 0 bridgehead atoms. The molecule has 0 fully saturated rings. The zero-order valence-corrected chi connectivity index (χ0v) is 13.5. The summed E-state index contributed by atoms with van der Waals surface area (Å²) in [5.41, 5.74) is -0.255. The molecule has 0 unspecified atom stereocenters. The largest absolute Gasteiger partial charge is 0.505 e. The minimum absolute atomic E-state index is 0.0941. The molecule has 0 aliphatic rings. The highest BCUT2D eigenvalue weighted by Crippen LogP contribution is 2.36. The molecule has 9 heteroatoms. The molecule has 9 nitrogen and oxygen atoms in total. The van der Waals surface area contributed by atoms with Gasteiger partial charge < -0.3 is 20.4 Å². The number of phenolic OH excluding ortho intramolecular Hbond substituents is 2. The van der Waals surface area contributed by atoms with E-state index in [4.69, 9.17) is 5.11 Å². The quantitative estimate of drug-likeness (QED) is 0.311. The Morgan fingerprint density at radius 1 is 1.04 bits per heavy atom. The highest BCUT2D eigenvalue weighted by Gasteiger charge is 2.18. The van der Waals surface area contributed by atoms with Crippen LogP contribution < -0.4 is 0 Å². The molecule has 3 rings (SSSR count). The third-order valence-electron chi connectivity index (χ3n) is 3.82. The fraction of sp³-hybridized carbons (Fsp3) is 0. The Bertz CT molecular complexity index is 1120. The molecule has 1 aromatic heterocycles. The highest BCUT2D eigenvalue weighted by atomic mass is 16.6. The summed E-state index contributed by atoms with van der Waals surface area (Å²) < 4.78 is 0. The number of nitrogens with zero attached hydrogens (tertiary/aromatic N) is 2. The second-order valence-electron chi connectivity index (χ2n) is 5.57. The number of carboxylic acid groups (broad SMARTS) is 1. The number of carbonyl (C=O) groups is 1. The summed E-state index contributed by atoms with van der Waals surface area (Å²) in [4.78, 5) is 25.4. The van der Waals surface area contributed by atoms with Gasteiger partial charge in [0.2, 0.25) is 5.75 Å². The molecule has 27 heavy (non-hydrogen) atoms. The van der Waals surface area contributed by atoms with E-state index in [1.54, 1.807) is 12.1 Å². The van der Waals surface area contributed by atoms with Crippen LogP contribution in [-0.2, 0) is 0 Å². The summed E-state index contributed by atoms with van der Waals surface area (Å²) in [5.74, 6) is -3.22. The fourth-order valence-electron chi connectivity index (χ4n) is 2.50. The Morgan fingerprint density at radius 2 is 1.74 bits per heavy atom. The van der Waals surface area contributed by atoms with Crippen molar-refractivity contribution in [1.82, 2.24) is 4.98 Å². The summed E-state index contributed by atoms with van der Waals surface area (Å²) in [5, 5.41) is 49.7. The second kappa shape index (κ2) is 6.64. The molecule has 2 aromatic carbocycles. The van der Waals surface area contributed by atoms with E-state index in [9.17, 15) is 30.2 Å². The van der Waals surface area contributed by atoms with E-state index in [-0.39, 0.29) is 16.6 Å². The lowest BCUT2D eigenvalue weighted by atomic mass is 10.1. The van der Waals surface area contributed by atoms with Crippen LogP contribution in [0.1, 0.15) is 21.6 Å². The lowest BCUT2D eigenvalue weighted by Gasteiger charge is -2.05. The van der Waals surface area contributed by atoms with Crippen molar-refractivity contribution in [3.63, 3.8) is 0 Å². The van der Waals surface area contributed by atoms with Crippen molar-refractivity contribution < 1.29 is 30.1 Å².